The fourth-order valence-electron chi connectivity index (χ4n) is 6.45. The standard InChI is InChI=1S/C31H39N5O2/c1-3-13-34(14-4-2)29(37)24-16-22-10-11-23(17-26(22)33-27(32)18-24)28-30(38-28)36-20-31(21-36)12-15-35(19-31)25-8-6-5-7-9-25/h5-11,16-17,28,30H,3-4,12-15,18-21H2,1-2H3,(H2,32,33). The van der Waals surface area contributed by atoms with Crippen LogP contribution in [0.3, 0.4) is 0 Å². The van der Waals surface area contributed by atoms with Gasteiger partial charge in [0.2, 0.25) is 5.91 Å². The summed E-state index contributed by atoms with van der Waals surface area (Å²) in [6.45, 7) is 10.2. The molecule has 7 nitrogen and oxygen atoms in total. The van der Waals surface area contributed by atoms with Gasteiger partial charge in [-0.3, -0.25) is 9.69 Å². The predicted molar refractivity (Wildman–Crippen MR) is 152 cm³/mol. The highest BCUT2D eigenvalue weighted by molar-refractivity contribution is 6.05. The van der Waals surface area contributed by atoms with E-state index in [9.17, 15) is 4.79 Å². The number of anilines is 1. The van der Waals surface area contributed by atoms with Crippen molar-refractivity contribution in [2.75, 3.05) is 44.2 Å². The van der Waals surface area contributed by atoms with Crippen LogP contribution in [0.5, 0.6) is 0 Å². The lowest BCUT2D eigenvalue weighted by Gasteiger charge is -2.47. The van der Waals surface area contributed by atoms with Gasteiger partial charge in [0.15, 0.2) is 0 Å². The SMILES string of the molecule is CCCN(CCC)C(=O)C1=Cc2ccc(C3OC3N3CC4(CCN(c5ccccc5)C4)C3)cc2N=C(N)C1. The maximum Gasteiger partial charge on any atom is 0.250 e. The Labute approximate surface area is 225 Å². The number of carbonyl (C=O) groups is 1. The van der Waals surface area contributed by atoms with Gasteiger partial charge in [-0.15, -0.1) is 0 Å². The number of para-hydroxylation sites is 1. The zero-order chi connectivity index (χ0) is 26.3. The summed E-state index contributed by atoms with van der Waals surface area (Å²) in [7, 11) is 0. The highest BCUT2D eigenvalue weighted by Gasteiger charge is 2.56. The van der Waals surface area contributed by atoms with Crippen LogP contribution in [0.25, 0.3) is 6.08 Å². The number of benzene rings is 2. The van der Waals surface area contributed by atoms with Crippen LogP contribution < -0.4 is 10.6 Å². The number of nitrogens with two attached hydrogens (primary N) is 1. The van der Waals surface area contributed by atoms with Gasteiger partial charge in [0.1, 0.15) is 18.2 Å². The van der Waals surface area contributed by atoms with Crippen LogP contribution in [0, 0.1) is 5.41 Å². The number of amides is 1. The van der Waals surface area contributed by atoms with Crippen molar-refractivity contribution in [3.05, 3.63) is 65.2 Å². The first-order valence-electron chi connectivity index (χ1n) is 14.1. The largest absolute Gasteiger partial charge is 0.387 e. The molecule has 3 fully saturated rings. The second kappa shape index (κ2) is 10.2. The van der Waals surface area contributed by atoms with Gasteiger partial charge >= 0.3 is 0 Å². The number of carbonyl (C=O) groups excluding carboxylic acids is 1. The zero-order valence-electron chi connectivity index (χ0n) is 22.6. The van der Waals surface area contributed by atoms with Crippen LogP contribution >= 0.6 is 0 Å². The van der Waals surface area contributed by atoms with Crippen LogP contribution in [-0.2, 0) is 9.53 Å². The molecule has 0 saturated carbocycles. The molecule has 3 saturated heterocycles. The first-order chi connectivity index (χ1) is 18.5. The first-order valence-corrected chi connectivity index (χ1v) is 14.1. The second-order valence-electron chi connectivity index (χ2n) is 11.4. The summed E-state index contributed by atoms with van der Waals surface area (Å²) in [5.41, 5.74) is 11.6. The van der Waals surface area contributed by atoms with Crippen molar-refractivity contribution in [3.8, 4) is 0 Å². The van der Waals surface area contributed by atoms with E-state index in [1.165, 1.54) is 12.1 Å². The van der Waals surface area contributed by atoms with Crippen LogP contribution in [-0.4, -0.2) is 67.0 Å². The van der Waals surface area contributed by atoms with E-state index in [-0.39, 0.29) is 18.2 Å². The van der Waals surface area contributed by atoms with E-state index in [1.807, 2.05) is 11.0 Å². The van der Waals surface area contributed by atoms with Crippen LogP contribution in [0.4, 0.5) is 11.4 Å². The highest BCUT2D eigenvalue weighted by Crippen LogP contribution is 2.50. The minimum atomic E-state index is 0.0682. The molecule has 4 aliphatic heterocycles. The Bertz CT molecular complexity index is 1240. The van der Waals surface area contributed by atoms with E-state index in [2.05, 4.69) is 72.2 Å². The summed E-state index contributed by atoms with van der Waals surface area (Å²) >= 11 is 0. The summed E-state index contributed by atoms with van der Waals surface area (Å²) in [5.74, 6) is 0.550. The Balaban J connectivity index is 1.11. The summed E-state index contributed by atoms with van der Waals surface area (Å²) in [6, 6.07) is 17.0. The summed E-state index contributed by atoms with van der Waals surface area (Å²) in [5, 5.41) is 0. The van der Waals surface area contributed by atoms with Crippen molar-refractivity contribution >= 4 is 29.2 Å². The number of nitrogens with zero attached hydrogens (tertiary/aromatic N) is 4. The Morgan fingerprint density at radius 1 is 1.11 bits per heavy atom. The van der Waals surface area contributed by atoms with E-state index in [4.69, 9.17) is 15.5 Å². The summed E-state index contributed by atoms with van der Waals surface area (Å²) in [4.78, 5) is 24.9. The minimum Gasteiger partial charge on any atom is -0.387 e. The van der Waals surface area contributed by atoms with Gasteiger partial charge in [0.25, 0.3) is 0 Å². The third-order valence-corrected chi connectivity index (χ3v) is 8.36. The van der Waals surface area contributed by atoms with Crippen LogP contribution in [0.15, 0.2) is 59.1 Å². The Morgan fingerprint density at radius 2 is 1.87 bits per heavy atom. The maximum atomic E-state index is 13.3. The number of ether oxygens (including phenoxy) is 1. The van der Waals surface area contributed by atoms with E-state index in [1.54, 1.807) is 0 Å². The normalized spacial score (nSPS) is 23.8. The van der Waals surface area contributed by atoms with Crippen molar-refractivity contribution in [1.29, 1.82) is 0 Å². The Kier molecular flexibility index (Phi) is 6.74. The summed E-state index contributed by atoms with van der Waals surface area (Å²) < 4.78 is 6.17. The average molecular weight is 514 g/mol. The number of aliphatic imine (C=N–C) groups is 1. The number of hydrogen-bond donors (Lipinski definition) is 1. The van der Waals surface area contributed by atoms with E-state index in [0.29, 0.717) is 23.2 Å². The molecule has 0 radical (unpaired) electrons. The van der Waals surface area contributed by atoms with Crippen molar-refractivity contribution in [2.24, 2.45) is 16.1 Å². The summed E-state index contributed by atoms with van der Waals surface area (Å²) in [6.07, 6.45) is 5.68. The molecule has 1 amide bonds. The van der Waals surface area contributed by atoms with Gasteiger partial charge in [-0.25, -0.2) is 4.99 Å². The third-order valence-electron chi connectivity index (χ3n) is 8.36. The second-order valence-corrected chi connectivity index (χ2v) is 11.4. The topological polar surface area (TPSA) is 77.7 Å². The monoisotopic (exact) mass is 513 g/mol. The maximum absolute atomic E-state index is 13.3. The number of fused-ring (bicyclic) bond motifs is 1. The lowest BCUT2D eigenvalue weighted by atomic mass is 9.79. The number of amidine groups is 1. The molecular weight excluding hydrogens is 474 g/mol. The van der Waals surface area contributed by atoms with Crippen molar-refractivity contribution in [2.45, 2.75) is 51.9 Å². The van der Waals surface area contributed by atoms with E-state index < -0.39 is 0 Å². The fourth-order valence-corrected chi connectivity index (χ4v) is 6.45. The highest BCUT2D eigenvalue weighted by atomic mass is 16.6. The van der Waals surface area contributed by atoms with Gasteiger partial charge < -0.3 is 20.3 Å². The average Bonchev–Trinajstić information content (AvgIpc) is 3.60. The quantitative estimate of drug-likeness (QED) is 0.517. The van der Waals surface area contributed by atoms with Gasteiger partial charge in [-0.1, -0.05) is 44.2 Å². The molecule has 2 aromatic rings. The van der Waals surface area contributed by atoms with Crippen molar-refractivity contribution in [1.82, 2.24) is 9.80 Å². The predicted octanol–water partition coefficient (Wildman–Crippen LogP) is 4.72. The van der Waals surface area contributed by atoms with Gasteiger partial charge in [-0.05, 0) is 49.1 Å². The molecule has 2 atom stereocenters. The van der Waals surface area contributed by atoms with Crippen LogP contribution in [0.1, 0.15) is 56.8 Å². The fraction of sp³-hybridized carbons (Fsp3) is 0.484. The molecular formula is C31H39N5O2. The number of rotatable bonds is 8. The molecule has 6 rings (SSSR count). The molecule has 2 aromatic carbocycles. The third kappa shape index (κ3) is 4.85. The van der Waals surface area contributed by atoms with Crippen LogP contribution in [0.2, 0.25) is 0 Å². The van der Waals surface area contributed by atoms with Gasteiger partial charge in [-0.2, -0.15) is 0 Å². The lowest BCUT2D eigenvalue weighted by molar-refractivity contribution is -0.127. The lowest BCUT2D eigenvalue weighted by Crippen LogP contribution is -2.58. The minimum absolute atomic E-state index is 0.0682. The Hall–Kier alpha value is -3.16. The number of epoxide rings is 1. The molecule has 38 heavy (non-hydrogen) atoms. The smallest absolute Gasteiger partial charge is 0.250 e. The molecule has 0 bridgehead atoms. The van der Waals surface area contributed by atoms with E-state index >= 15 is 0 Å². The number of hydrogen-bond acceptors (Lipinski definition) is 6. The first kappa shape index (κ1) is 25.1. The molecule has 2 unspecified atom stereocenters. The van der Waals surface area contributed by atoms with Gasteiger partial charge in [0.05, 0.1) is 5.69 Å². The zero-order valence-corrected chi connectivity index (χ0v) is 22.6. The van der Waals surface area contributed by atoms with Crippen molar-refractivity contribution in [3.63, 3.8) is 0 Å². The Morgan fingerprint density at radius 3 is 2.61 bits per heavy atom. The van der Waals surface area contributed by atoms with E-state index in [0.717, 1.165) is 68.9 Å². The molecule has 7 heteroatoms. The molecule has 0 aromatic heterocycles. The molecule has 2 N–H and O–H groups in total. The number of likely N-dealkylation sites (tertiary alicyclic amines) is 1. The molecule has 4 aliphatic rings. The molecule has 0 aliphatic carbocycles. The molecule has 1 spiro atoms. The molecule has 200 valence electrons. The van der Waals surface area contributed by atoms with Crippen molar-refractivity contribution < 1.29 is 9.53 Å². The van der Waals surface area contributed by atoms with Gasteiger partial charge in [0, 0.05) is 67.9 Å². The molecule has 4 heterocycles.